The van der Waals surface area contributed by atoms with Gasteiger partial charge in [0.05, 0.1) is 49.7 Å². The Morgan fingerprint density at radius 1 is 0.260 bits per heavy atom. The van der Waals surface area contributed by atoms with Crippen LogP contribution in [0.2, 0.25) is 0 Å². The van der Waals surface area contributed by atoms with Crippen LogP contribution in [0, 0.1) is 0 Å². The summed E-state index contributed by atoms with van der Waals surface area (Å²) in [6, 6.07) is 89.2. The molecule has 17 rings (SSSR count). The van der Waals surface area contributed by atoms with Crippen LogP contribution in [-0.2, 0) is 0 Å². The van der Waals surface area contributed by atoms with Gasteiger partial charge in [0, 0.05) is 87.6 Å². The Hall–Kier alpha value is -10.6. The van der Waals surface area contributed by atoms with Crippen LogP contribution in [0.25, 0.3) is 155 Å². The highest BCUT2D eigenvalue weighted by atomic mass is 15.2. The van der Waals surface area contributed by atoms with E-state index in [1.807, 2.05) is 36.4 Å². The fraction of sp³-hybridized carbons (Fsp3) is 0. The van der Waals surface area contributed by atoms with Crippen molar-refractivity contribution < 1.29 is 0 Å². The smallest absolute Gasteiger partial charge is 0.238 e. The highest BCUT2D eigenvalue weighted by molar-refractivity contribution is 6.25. The number of rotatable bonds is 6. The van der Waals surface area contributed by atoms with E-state index in [0.29, 0.717) is 17.6 Å². The van der Waals surface area contributed by atoms with Crippen molar-refractivity contribution in [1.82, 2.24) is 38.2 Å². The Balaban J connectivity index is 0.998. The number of para-hydroxylation sites is 5. The predicted octanol–water partition coefficient (Wildman–Crippen LogP) is 17.2. The molecule has 6 heterocycles. The number of nitrogens with one attached hydrogen (secondary N) is 1. The van der Waals surface area contributed by atoms with E-state index in [4.69, 9.17) is 15.0 Å². The molecule has 8 nitrogen and oxygen atoms in total. The first-order valence-corrected chi connectivity index (χ1v) is 26.1. The lowest BCUT2D eigenvalue weighted by molar-refractivity contribution is 0.953. The van der Waals surface area contributed by atoms with Crippen molar-refractivity contribution in [3.05, 3.63) is 249 Å². The average Bonchev–Trinajstić information content (AvgIpc) is 4.49. The molecule has 0 aliphatic rings. The second-order valence-corrected chi connectivity index (χ2v) is 20.1. The largest absolute Gasteiger partial charge is 0.353 e. The molecule has 358 valence electrons. The van der Waals surface area contributed by atoms with Gasteiger partial charge in [0.25, 0.3) is 0 Å². The highest BCUT2D eigenvalue weighted by Gasteiger charge is 2.25. The third kappa shape index (κ3) is 6.00. The van der Waals surface area contributed by atoms with Crippen molar-refractivity contribution in [2.45, 2.75) is 0 Å². The normalized spacial score (nSPS) is 12.2. The maximum Gasteiger partial charge on any atom is 0.238 e. The zero-order chi connectivity index (χ0) is 50.3. The van der Waals surface area contributed by atoms with Gasteiger partial charge in [-0.15, -0.1) is 0 Å². The Labute approximate surface area is 439 Å². The van der Waals surface area contributed by atoms with E-state index in [-0.39, 0.29) is 0 Å². The lowest BCUT2D eigenvalue weighted by Crippen LogP contribution is -2.06. The number of hydrogen-bond acceptors (Lipinski definition) is 3. The Morgan fingerprint density at radius 2 is 0.662 bits per heavy atom. The zero-order valence-corrected chi connectivity index (χ0v) is 41.3. The second kappa shape index (κ2) is 16.0. The maximum absolute atomic E-state index is 5.35. The van der Waals surface area contributed by atoms with Gasteiger partial charge < -0.3 is 18.7 Å². The van der Waals surface area contributed by atoms with Crippen LogP contribution >= 0.6 is 0 Å². The van der Waals surface area contributed by atoms with E-state index >= 15 is 0 Å². The van der Waals surface area contributed by atoms with E-state index in [0.717, 1.165) is 88.6 Å². The number of aromatic amines is 1. The molecule has 6 aromatic heterocycles. The van der Waals surface area contributed by atoms with Gasteiger partial charge >= 0.3 is 0 Å². The summed E-state index contributed by atoms with van der Waals surface area (Å²) in [6.45, 7) is 0. The standard InChI is InChI=1S/C69H42N8/c1-4-18-42(19-5-1)67-71-68(43-20-6-2-7-21-43)73-69(72-67)77-61-38-32-45(75-59-30-16-11-25-48(59)52-35-34-51-47-24-10-14-28-57(47)70-63(51)64(52)75)40-55(61)56-41-46(33-39-62(56)77)76-60-31-17-13-27-50(60)54-37-36-53-49-26-12-15-29-58(49)74(65(53)66(54)76)44-22-8-3-9-23-44/h1-41,70H. The molecule has 77 heavy (non-hydrogen) atoms. The first kappa shape index (κ1) is 41.9. The summed E-state index contributed by atoms with van der Waals surface area (Å²) in [7, 11) is 0. The molecule has 0 aliphatic heterocycles. The lowest BCUT2D eigenvalue weighted by Gasteiger charge is -2.13. The summed E-state index contributed by atoms with van der Waals surface area (Å²) in [4.78, 5) is 19.7. The molecule has 0 saturated carbocycles. The van der Waals surface area contributed by atoms with Crippen LogP contribution in [0.1, 0.15) is 0 Å². The molecule has 0 amide bonds. The number of H-pyrrole nitrogens is 1. The first-order valence-electron chi connectivity index (χ1n) is 26.1. The van der Waals surface area contributed by atoms with E-state index in [1.54, 1.807) is 0 Å². The molecule has 0 bridgehead atoms. The van der Waals surface area contributed by atoms with Crippen molar-refractivity contribution in [1.29, 1.82) is 0 Å². The number of hydrogen-bond donors (Lipinski definition) is 1. The topological polar surface area (TPSA) is 74.2 Å². The molecular weight excluding hydrogens is 941 g/mol. The van der Waals surface area contributed by atoms with Crippen LogP contribution in [0.4, 0.5) is 0 Å². The molecule has 0 aliphatic carbocycles. The zero-order valence-electron chi connectivity index (χ0n) is 41.3. The average molecular weight is 983 g/mol. The van der Waals surface area contributed by atoms with E-state index in [2.05, 4.69) is 236 Å². The summed E-state index contributed by atoms with van der Waals surface area (Å²) in [5, 5.41) is 11.8. The van der Waals surface area contributed by atoms with Crippen molar-refractivity contribution in [2.75, 3.05) is 0 Å². The molecule has 1 N–H and O–H groups in total. The number of nitrogens with zero attached hydrogens (tertiary/aromatic N) is 7. The van der Waals surface area contributed by atoms with Crippen LogP contribution in [0.5, 0.6) is 0 Å². The Bertz CT molecular complexity index is 5210. The van der Waals surface area contributed by atoms with Gasteiger partial charge in [-0.1, -0.05) is 176 Å². The van der Waals surface area contributed by atoms with Gasteiger partial charge in [0.1, 0.15) is 0 Å². The molecule has 8 heteroatoms. The van der Waals surface area contributed by atoms with Gasteiger partial charge in [-0.2, -0.15) is 9.97 Å². The summed E-state index contributed by atoms with van der Waals surface area (Å²) in [6.07, 6.45) is 0. The minimum absolute atomic E-state index is 0.542. The third-order valence-corrected chi connectivity index (χ3v) is 15.9. The fourth-order valence-electron chi connectivity index (χ4n) is 12.6. The van der Waals surface area contributed by atoms with Crippen molar-refractivity contribution in [2.24, 2.45) is 0 Å². The minimum atomic E-state index is 0.542. The molecule has 17 aromatic rings. The molecule has 0 radical (unpaired) electrons. The van der Waals surface area contributed by atoms with Crippen molar-refractivity contribution in [3.63, 3.8) is 0 Å². The highest BCUT2D eigenvalue weighted by Crippen LogP contribution is 2.45. The molecule has 0 spiro atoms. The summed E-state index contributed by atoms with van der Waals surface area (Å²) >= 11 is 0. The monoisotopic (exact) mass is 982 g/mol. The molecular formula is C69H42N8. The molecule has 11 aromatic carbocycles. The van der Waals surface area contributed by atoms with Crippen LogP contribution in [-0.4, -0.2) is 38.2 Å². The fourth-order valence-corrected chi connectivity index (χ4v) is 12.6. The summed E-state index contributed by atoms with van der Waals surface area (Å²) < 4.78 is 9.62. The van der Waals surface area contributed by atoms with Gasteiger partial charge in [-0.05, 0) is 72.8 Å². The van der Waals surface area contributed by atoms with Crippen LogP contribution < -0.4 is 0 Å². The van der Waals surface area contributed by atoms with Gasteiger partial charge in [0.2, 0.25) is 5.95 Å². The van der Waals surface area contributed by atoms with Crippen molar-refractivity contribution >= 4 is 109 Å². The number of benzene rings is 11. The van der Waals surface area contributed by atoms with E-state index < -0.39 is 0 Å². The molecule has 0 saturated heterocycles. The quantitative estimate of drug-likeness (QED) is 0.180. The third-order valence-electron chi connectivity index (χ3n) is 15.9. The molecule has 0 unspecified atom stereocenters. The lowest BCUT2D eigenvalue weighted by atomic mass is 10.1. The van der Waals surface area contributed by atoms with E-state index in [1.165, 1.54) is 48.6 Å². The number of aromatic nitrogens is 8. The maximum atomic E-state index is 5.35. The first-order chi connectivity index (χ1) is 38.2. The molecule has 0 atom stereocenters. The van der Waals surface area contributed by atoms with Gasteiger partial charge in [0.15, 0.2) is 11.6 Å². The van der Waals surface area contributed by atoms with Crippen molar-refractivity contribution in [3.8, 4) is 45.8 Å². The van der Waals surface area contributed by atoms with Crippen LogP contribution in [0.3, 0.4) is 0 Å². The minimum Gasteiger partial charge on any atom is -0.353 e. The Morgan fingerprint density at radius 3 is 1.19 bits per heavy atom. The van der Waals surface area contributed by atoms with Crippen LogP contribution in [0.15, 0.2) is 249 Å². The summed E-state index contributed by atoms with van der Waals surface area (Å²) in [5.74, 6) is 1.75. The number of fused-ring (bicyclic) bond motifs is 17. The molecule has 0 fully saturated rings. The second-order valence-electron chi connectivity index (χ2n) is 20.1. The Kier molecular flexibility index (Phi) is 8.68. The van der Waals surface area contributed by atoms with Gasteiger partial charge in [-0.25, -0.2) is 4.98 Å². The van der Waals surface area contributed by atoms with Gasteiger partial charge in [-0.3, -0.25) is 4.57 Å². The predicted molar refractivity (Wildman–Crippen MR) is 317 cm³/mol. The summed E-state index contributed by atoms with van der Waals surface area (Å²) in [5.41, 5.74) is 16.1. The SMILES string of the molecule is c1ccc(-c2nc(-c3ccccc3)nc(-n3c4ccc(-n5c6ccccc6c6ccc7c8ccccc8[nH]c7c65)cc4c4cc(-n5c6ccccc6c6ccc7c8ccccc8n(-c8ccccc8)c7c65)ccc43)n2)cc1. The van der Waals surface area contributed by atoms with E-state index in [9.17, 15) is 0 Å².